The number of hydrogen-bond acceptors (Lipinski definition) is 4. The standard InChI is InChI=1S/C15H17NO4S/c1-3-20-12-7-5-4-6-11(12)14-10(2)21-15(19)16(14)9-8-13(17)18/h4-7H,3,8-9H2,1-2H3,(H,17,18). The second-order valence-electron chi connectivity index (χ2n) is 4.50. The van der Waals surface area contributed by atoms with Gasteiger partial charge in [-0.15, -0.1) is 0 Å². The zero-order valence-electron chi connectivity index (χ0n) is 12.0. The molecule has 1 N–H and O–H groups in total. The highest BCUT2D eigenvalue weighted by Crippen LogP contribution is 2.33. The Hall–Kier alpha value is -2.08. The first-order chi connectivity index (χ1) is 10.0. The van der Waals surface area contributed by atoms with Crippen LogP contribution in [-0.2, 0) is 11.3 Å². The summed E-state index contributed by atoms with van der Waals surface area (Å²) in [4.78, 5) is 23.6. The summed E-state index contributed by atoms with van der Waals surface area (Å²) in [6.07, 6.45) is -0.0835. The third kappa shape index (κ3) is 3.33. The van der Waals surface area contributed by atoms with Gasteiger partial charge in [0.25, 0.3) is 0 Å². The zero-order chi connectivity index (χ0) is 15.4. The first-order valence-electron chi connectivity index (χ1n) is 6.68. The molecule has 0 aliphatic heterocycles. The van der Waals surface area contributed by atoms with Crippen molar-refractivity contribution >= 4 is 17.3 Å². The second kappa shape index (κ2) is 6.58. The summed E-state index contributed by atoms with van der Waals surface area (Å²) in [5.74, 6) is -0.222. The van der Waals surface area contributed by atoms with E-state index < -0.39 is 5.97 Å². The van der Waals surface area contributed by atoms with Crippen LogP contribution in [0.15, 0.2) is 29.1 Å². The molecule has 1 aromatic carbocycles. The number of carboxylic acids is 1. The highest BCUT2D eigenvalue weighted by atomic mass is 32.1. The first-order valence-corrected chi connectivity index (χ1v) is 7.50. The van der Waals surface area contributed by atoms with Gasteiger partial charge in [0.1, 0.15) is 5.75 Å². The van der Waals surface area contributed by atoms with Crippen molar-refractivity contribution in [1.82, 2.24) is 4.57 Å². The van der Waals surface area contributed by atoms with Crippen molar-refractivity contribution in [3.05, 3.63) is 38.8 Å². The minimum absolute atomic E-state index is 0.0835. The van der Waals surface area contributed by atoms with Gasteiger partial charge in [0.15, 0.2) is 0 Å². The number of aryl methyl sites for hydroxylation is 1. The van der Waals surface area contributed by atoms with Crippen LogP contribution in [0.3, 0.4) is 0 Å². The third-order valence-electron chi connectivity index (χ3n) is 3.06. The van der Waals surface area contributed by atoms with Crippen molar-refractivity contribution in [2.45, 2.75) is 26.8 Å². The number of carboxylic acid groups (broad SMARTS) is 1. The molecule has 21 heavy (non-hydrogen) atoms. The lowest BCUT2D eigenvalue weighted by Gasteiger charge is -2.13. The van der Waals surface area contributed by atoms with Gasteiger partial charge in [-0.2, -0.15) is 0 Å². The second-order valence-corrected chi connectivity index (χ2v) is 5.66. The van der Waals surface area contributed by atoms with Gasteiger partial charge in [0, 0.05) is 17.0 Å². The quantitative estimate of drug-likeness (QED) is 0.891. The largest absolute Gasteiger partial charge is 0.493 e. The normalized spacial score (nSPS) is 10.6. The number of benzene rings is 1. The lowest BCUT2D eigenvalue weighted by Crippen LogP contribution is -2.16. The maximum absolute atomic E-state index is 12.1. The molecule has 0 spiro atoms. The number of nitrogens with zero attached hydrogens (tertiary/aromatic N) is 1. The lowest BCUT2D eigenvalue weighted by molar-refractivity contribution is -0.137. The molecule has 0 aliphatic rings. The molecule has 112 valence electrons. The number of ether oxygens (including phenoxy) is 1. The molecule has 0 saturated carbocycles. The van der Waals surface area contributed by atoms with Gasteiger partial charge < -0.3 is 9.84 Å². The van der Waals surface area contributed by atoms with Gasteiger partial charge in [-0.1, -0.05) is 23.5 Å². The highest BCUT2D eigenvalue weighted by molar-refractivity contribution is 7.09. The van der Waals surface area contributed by atoms with Crippen LogP contribution in [0.5, 0.6) is 5.75 Å². The van der Waals surface area contributed by atoms with E-state index in [1.165, 1.54) is 4.57 Å². The lowest BCUT2D eigenvalue weighted by atomic mass is 10.1. The fourth-order valence-electron chi connectivity index (χ4n) is 2.20. The topological polar surface area (TPSA) is 68.5 Å². The molecule has 0 saturated heterocycles. The van der Waals surface area contributed by atoms with E-state index >= 15 is 0 Å². The van der Waals surface area contributed by atoms with Crippen LogP contribution in [0.2, 0.25) is 0 Å². The first kappa shape index (κ1) is 15.3. The predicted octanol–water partition coefficient (Wildman–Crippen LogP) is 2.76. The van der Waals surface area contributed by atoms with Crippen LogP contribution in [0.25, 0.3) is 11.3 Å². The van der Waals surface area contributed by atoms with Crippen LogP contribution in [-0.4, -0.2) is 22.2 Å². The van der Waals surface area contributed by atoms with Crippen molar-refractivity contribution in [2.24, 2.45) is 0 Å². The summed E-state index contributed by atoms with van der Waals surface area (Å²) >= 11 is 1.13. The highest BCUT2D eigenvalue weighted by Gasteiger charge is 2.17. The van der Waals surface area contributed by atoms with Gasteiger partial charge >= 0.3 is 10.8 Å². The molecule has 0 bridgehead atoms. The third-order valence-corrected chi connectivity index (χ3v) is 3.95. The molecule has 0 aliphatic carbocycles. The molecule has 0 amide bonds. The summed E-state index contributed by atoms with van der Waals surface area (Å²) < 4.78 is 7.13. The molecule has 1 aromatic heterocycles. The molecule has 6 heteroatoms. The minimum atomic E-state index is -0.921. The van der Waals surface area contributed by atoms with Crippen LogP contribution < -0.4 is 9.61 Å². The average Bonchev–Trinajstić information content (AvgIpc) is 2.71. The van der Waals surface area contributed by atoms with E-state index in [0.717, 1.165) is 27.5 Å². The molecule has 2 aromatic rings. The molecular formula is C15H17NO4S. The van der Waals surface area contributed by atoms with Gasteiger partial charge in [-0.25, -0.2) is 0 Å². The SMILES string of the molecule is CCOc1ccccc1-c1c(C)sc(=O)n1CCC(=O)O. The van der Waals surface area contributed by atoms with E-state index in [-0.39, 0.29) is 17.8 Å². The minimum Gasteiger partial charge on any atom is -0.493 e. The number of rotatable bonds is 6. The Kier molecular flexibility index (Phi) is 4.80. The Balaban J connectivity index is 2.53. The van der Waals surface area contributed by atoms with Crippen molar-refractivity contribution in [3.8, 4) is 17.0 Å². The van der Waals surface area contributed by atoms with Gasteiger partial charge in [0.2, 0.25) is 0 Å². The van der Waals surface area contributed by atoms with Gasteiger partial charge in [-0.05, 0) is 26.0 Å². The van der Waals surface area contributed by atoms with Crippen LogP contribution in [0, 0.1) is 6.92 Å². The summed E-state index contributed by atoms with van der Waals surface area (Å²) in [6.45, 7) is 4.45. The number of carbonyl (C=O) groups is 1. The van der Waals surface area contributed by atoms with E-state index in [1.54, 1.807) is 0 Å². The maximum Gasteiger partial charge on any atom is 0.307 e. The fourth-order valence-corrected chi connectivity index (χ4v) is 3.08. The van der Waals surface area contributed by atoms with Crippen LogP contribution >= 0.6 is 11.3 Å². The van der Waals surface area contributed by atoms with Crippen molar-refractivity contribution in [3.63, 3.8) is 0 Å². The van der Waals surface area contributed by atoms with Crippen LogP contribution in [0.1, 0.15) is 18.2 Å². The Morgan fingerprint density at radius 3 is 2.76 bits per heavy atom. The zero-order valence-corrected chi connectivity index (χ0v) is 12.8. The van der Waals surface area contributed by atoms with Crippen LogP contribution in [0.4, 0.5) is 0 Å². The predicted molar refractivity (Wildman–Crippen MR) is 82.2 cm³/mol. The molecule has 0 radical (unpaired) electrons. The van der Waals surface area contributed by atoms with Crippen molar-refractivity contribution in [2.75, 3.05) is 6.61 Å². The van der Waals surface area contributed by atoms with E-state index in [9.17, 15) is 9.59 Å². The molecule has 0 atom stereocenters. The number of para-hydroxylation sites is 1. The molecule has 0 unspecified atom stereocenters. The number of thiazole rings is 1. The van der Waals surface area contributed by atoms with Crippen molar-refractivity contribution < 1.29 is 14.6 Å². The number of hydrogen-bond donors (Lipinski definition) is 1. The number of aliphatic carboxylic acids is 1. The van der Waals surface area contributed by atoms with Gasteiger partial charge in [-0.3, -0.25) is 14.2 Å². The average molecular weight is 307 g/mol. The smallest absolute Gasteiger partial charge is 0.307 e. The number of aromatic nitrogens is 1. The Labute approximate surface area is 126 Å². The molecule has 5 nitrogen and oxygen atoms in total. The monoisotopic (exact) mass is 307 g/mol. The summed E-state index contributed by atoms with van der Waals surface area (Å²) in [5, 5.41) is 8.84. The molecular weight excluding hydrogens is 290 g/mol. The summed E-state index contributed by atoms with van der Waals surface area (Å²) in [5.41, 5.74) is 1.57. The molecule has 1 heterocycles. The molecule has 0 fully saturated rings. The van der Waals surface area contributed by atoms with Gasteiger partial charge in [0.05, 0.1) is 18.7 Å². The Morgan fingerprint density at radius 2 is 2.10 bits per heavy atom. The maximum atomic E-state index is 12.1. The van der Waals surface area contributed by atoms with E-state index in [0.29, 0.717) is 12.4 Å². The van der Waals surface area contributed by atoms with Crippen molar-refractivity contribution in [1.29, 1.82) is 0 Å². The summed E-state index contributed by atoms with van der Waals surface area (Å²) in [7, 11) is 0. The molecule has 2 rings (SSSR count). The van der Waals surface area contributed by atoms with E-state index in [4.69, 9.17) is 9.84 Å². The van der Waals surface area contributed by atoms with E-state index in [1.807, 2.05) is 38.1 Å². The Bertz CT molecular complexity index is 702. The fraction of sp³-hybridized carbons (Fsp3) is 0.333. The van der Waals surface area contributed by atoms with E-state index in [2.05, 4.69) is 0 Å². The summed E-state index contributed by atoms with van der Waals surface area (Å²) in [6, 6.07) is 7.48. The Morgan fingerprint density at radius 1 is 1.38 bits per heavy atom.